The molecule has 2 heterocycles. The molecule has 4 aromatic rings. The van der Waals surface area contributed by atoms with Crippen LogP contribution in [0.4, 0.5) is 4.39 Å². The summed E-state index contributed by atoms with van der Waals surface area (Å²) in [4.78, 5) is 24.6. The summed E-state index contributed by atoms with van der Waals surface area (Å²) in [6.07, 6.45) is 5.63. The van der Waals surface area contributed by atoms with Crippen LogP contribution in [0, 0.1) is 11.7 Å². The summed E-state index contributed by atoms with van der Waals surface area (Å²) >= 11 is 0. The Morgan fingerprint density at radius 1 is 1.09 bits per heavy atom. The first-order valence-electron chi connectivity index (χ1n) is 11.2. The van der Waals surface area contributed by atoms with Crippen molar-refractivity contribution in [1.82, 2.24) is 15.0 Å². The first-order valence-corrected chi connectivity index (χ1v) is 11.2. The molecule has 0 spiro atoms. The first-order chi connectivity index (χ1) is 15.6. The number of hydrogen-bond acceptors (Lipinski definition) is 4. The van der Waals surface area contributed by atoms with Gasteiger partial charge in [0.15, 0.2) is 0 Å². The molecule has 1 aliphatic rings. The van der Waals surface area contributed by atoms with Crippen LogP contribution in [0.15, 0.2) is 48.7 Å². The maximum Gasteiger partial charge on any atom is 0.340 e. The Hall–Kier alpha value is -3.28. The van der Waals surface area contributed by atoms with Crippen molar-refractivity contribution in [3.63, 3.8) is 0 Å². The number of benzene rings is 2. The second-order valence-corrected chi connectivity index (χ2v) is 8.74. The van der Waals surface area contributed by atoms with Crippen molar-refractivity contribution < 1.29 is 13.9 Å². The Kier molecular flexibility index (Phi) is 5.37. The molecular formula is C26H26FN3O2. The first kappa shape index (κ1) is 20.6. The highest BCUT2D eigenvalue weighted by molar-refractivity contribution is 6.01. The summed E-state index contributed by atoms with van der Waals surface area (Å²) in [6.45, 7) is 2.18. The maximum absolute atomic E-state index is 14.8. The molecule has 1 N–H and O–H groups in total. The van der Waals surface area contributed by atoms with Crippen molar-refractivity contribution >= 4 is 27.9 Å². The summed E-state index contributed by atoms with van der Waals surface area (Å²) in [5.41, 5.74) is 3.66. The Morgan fingerprint density at radius 2 is 1.91 bits per heavy atom. The van der Waals surface area contributed by atoms with Gasteiger partial charge in [0.05, 0.1) is 29.2 Å². The molecule has 0 saturated heterocycles. The average Bonchev–Trinajstić information content (AvgIpc) is 3.28. The summed E-state index contributed by atoms with van der Waals surface area (Å²) < 4.78 is 19.7. The molecule has 1 fully saturated rings. The van der Waals surface area contributed by atoms with Gasteiger partial charge in [0.2, 0.25) is 0 Å². The second-order valence-electron chi connectivity index (χ2n) is 8.74. The zero-order valence-corrected chi connectivity index (χ0v) is 18.3. The fourth-order valence-electron chi connectivity index (χ4n) is 5.24. The number of carbonyl (C=O) groups excluding carboxylic acids is 1. The van der Waals surface area contributed by atoms with Gasteiger partial charge >= 0.3 is 5.97 Å². The van der Waals surface area contributed by atoms with Gasteiger partial charge < -0.3 is 9.72 Å². The number of nitrogens with zero attached hydrogens (tertiary/aromatic N) is 2. The number of esters is 1. The lowest BCUT2D eigenvalue weighted by Crippen LogP contribution is -2.19. The number of para-hydroxylation sites is 1. The fraction of sp³-hybridized carbons (Fsp3) is 0.346. The molecule has 1 aliphatic carbocycles. The van der Waals surface area contributed by atoms with Gasteiger partial charge in [-0.2, -0.15) is 0 Å². The van der Waals surface area contributed by atoms with Gasteiger partial charge in [-0.1, -0.05) is 19.1 Å². The molecule has 1 saturated carbocycles. The van der Waals surface area contributed by atoms with E-state index in [2.05, 4.69) is 16.9 Å². The highest BCUT2D eigenvalue weighted by atomic mass is 19.1. The van der Waals surface area contributed by atoms with E-state index in [-0.39, 0.29) is 23.6 Å². The third kappa shape index (κ3) is 3.53. The highest BCUT2D eigenvalue weighted by Gasteiger charge is 2.30. The molecule has 5 rings (SSSR count). The molecule has 6 heteroatoms. The van der Waals surface area contributed by atoms with Crippen LogP contribution in [-0.4, -0.2) is 28.0 Å². The maximum atomic E-state index is 14.8. The van der Waals surface area contributed by atoms with E-state index in [1.165, 1.54) is 7.11 Å². The number of imidazole rings is 1. The van der Waals surface area contributed by atoms with Gasteiger partial charge in [0.1, 0.15) is 11.6 Å². The highest BCUT2D eigenvalue weighted by Crippen LogP contribution is 2.43. The number of rotatable bonds is 4. The predicted molar refractivity (Wildman–Crippen MR) is 122 cm³/mol. The number of halogens is 1. The summed E-state index contributed by atoms with van der Waals surface area (Å²) in [7, 11) is 1.38. The summed E-state index contributed by atoms with van der Waals surface area (Å²) in [5, 5.41) is 0.927. The number of nitrogens with one attached hydrogen (secondary N) is 1. The minimum atomic E-state index is -0.370. The molecule has 2 aromatic heterocycles. The number of aromatic nitrogens is 3. The van der Waals surface area contributed by atoms with Gasteiger partial charge in [-0.25, -0.2) is 14.2 Å². The van der Waals surface area contributed by atoms with Crippen LogP contribution in [0.2, 0.25) is 0 Å². The number of hydrogen-bond donors (Lipinski definition) is 1. The van der Waals surface area contributed by atoms with Crippen LogP contribution < -0.4 is 0 Å². The normalized spacial score (nSPS) is 19.8. The Bertz CT molecular complexity index is 1290. The topological polar surface area (TPSA) is 67.9 Å². The van der Waals surface area contributed by atoms with Gasteiger partial charge in [0.25, 0.3) is 0 Å². The number of pyridine rings is 1. The van der Waals surface area contributed by atoms with Crippen molar-refractivity contribution in [2.75, 3.05) is 7.11 Å². The number of methoxy groups -OCH3 is 1. The van der Waals surface area contributed by atoms with Crippen molar-refractivity contribution in [2.24, 2.45) is 5.92 Å². The Balaban J connectivity index is 1.36. The van der Waals surface area contributed by atoms with Crippen LogP contribution in [0.5, 0.6) is 0 Å². The quantitative estimate of drug-likeness (QED) is 0.396. The molecule has 1 atom stereocenters. The predicted octanol–water partition coefficient (Wildman–Crippen LogP) is 6.11. The zero-order valence-electron chi connectivity index (χ0n) is 18.3. The van der Waals surface area contributed by atoms with Crippen molar-refractivity contribution in [2.45, 2.75) is 44.4 Å². The molecule has 0 aliphatic heterocycles. The number of aromatic amines is 1. The van der Waals surface area contributed by atoms with Crippen molar-refractivity contribution in [1.29, 1.82) is 0 Å². The Morgan fingerprint density at radius 3 is 2.69 bits per heavy atom. The number of carbonyl (C=O) groups is 1. The fourth-order valence-corrected chi connectivity index (χ4v) is 5.24. The molecule has 5 nitrogen and oxygen atoms in total. The lowest BCUT2D eigenvalue weighted by atomic mass is 9.73. The molecule has 164 valence electrons. The van der Waals surface area contributed by atoms with E-state index in [4.69, 9.17) is 9.72 Å². The van der Waals surface area contributed by atoms with E-state index in [1.807, 2.05) is 24.3 Å². The van der Waals surface area contributed by atoms with Crippen LogP contribution in [-0.2, 0) is 4.74 Å². The zero-order chi connectivity index (χ0) is 22.2. The second kappa shape index (κ2) is 8.34. The molecule has 32 heavy (non-hydrogen) atoms. The van der Waals surface area contributed by atoms with E-state index in [0.717, 1.165) is 59.0 Å². The van der Waals surface area contributed by atoms with Crippen molar-refractivity contribution in [3.8, 4) is 0 Å². The largest absolute Gasteiger partial charge is 0.465 e. The van der Waals surface area contributed by atoms with E-state index in [1.54, 1.807) is 24.4 Å². The lowest BCUT2D eigenvalue weighted by molar-refractivity contribution is 0.0603. The van der Waals surface area contributed by atoms with Crippen molar-refractivity contribution in [3.05, 3.63) is 71.4 Å². The summed E-state index contributed by atoms with van der Waals surface area (Å²) in [6, 6.07) is 12.6. The van der Waals surface area contributed by atoms with Crippen LogP contribution >= 0.6 is 0 Å². The monoisotopic (exact) mass is 431 g/mol. The average molecular weight is 432 g/mol. The van der Waals surface area contributed by atoms with Gasteiger partial charge in [-0.3, -0.25) is 4.98 Å². The molecule has 0 radical (unpaired) electrons. The van der Waals surface area contributed by atoms with E-state index >= 15 is 0 Å². The van der Waals surface area contributed by atoms with Gasteiger partial charge in [-0.05, 0) is 67.9 Å². The van der Waals surface area contributed by atoms with E-state index in [0.29, 0.717) is 11.5 Å². The van der Waals surface area contributed by atoms with Crippen LogP contribution in [0.25, 0.3) is 21.9 Å². The number of H-pyrrole nitrogens is 1. The molecule has 2 aromatic carbocycles. The number of ether oxygens (including phenoxy) is 1. The van der Waals surface area contributed by atoms with E-state index < -0.39 is 0 Å². The molecule has 0 bridgehead atoms. The van der Waals surface area contributed by atoms with Crippen LogP contribution in [0.3, 0.4) is 0 Å². The SMILES string of the molecule is COC(=O)c1cccc2nc([C@@H](C)[C@H]3CC[C@@H](c4c(F)ccc5ncccc54)CC3)[nH]c12. The van der Waals surface area contributed by atoms with Gasteiger partial charge in [0, 0.05) is 23.1 Å². The molecular weight excluding hydrogens is 405 g/mol. The third-order valence-electron chi connectivity index (χ3n) is 7.03. The van der Waals surface area contributed by atoms with E-state index in [9.17, 15) is 9.18 Å². The standard InChI is InChI=1S/C26H26FN3O2/c1-15(25-29-22-7-3-5-19(24(22)30-25)26(31)32-2)16-8-10-17(11-9-16)23-18-6-4-14-28-21(18)13-12-20(23)27/h3-7,12-17H,8-11H2,1-2H3,(H,29,30)/t15-,16-,17+/m0/s1. The lowest BCUT2D eigenvalue weighted by Gasteiger charge is -2.32. The minimum Gasteiger partial charge on any atom is -0.465 e. The summed E-state index contributed by atoms with van der Waals surface area (Å²) in [5.74, 6) is 1.26. The van der Waals surface area contributed by atoms with Crippen LogP contribution in [0.1, 0.15) is 66.2 Å². The number of fused-ring (bicyclic) bond motifs is 2. The molecule has 0 unspecified atom stereocenters. The van der Waals surface area contributed by atoms with Gasteiger partial charge in [-0.15, -0.1) is 0 Å². The Labute approximate surface area is 186 Å². The smallest absolute Gasteiger partial charge is 0.340 e. The third-order valence-corrected chi connectivity index (χ3v) is 7.03. The molecule has 0 amide bonds. The minimum absolute atomic E-state index is 0.130.